The molecule has 6 heteroatoms. The molecule has 0 atom stereocenters. The van der Waals surface area contributed by atoms with Crippen LogP contribution in [0.15, 0.2) is 36.5 Å². The van der Waals surface area contributed by atoms with E-state index in [9.17, 15) is 0 Å². The minimum absolute atomic E-state index is 0. The van der Waals surface area contributed by atoms with Crippen LogP contribution in [0.25, 0.3) is 5.69 Å². The first-order chi connectivity index (χ1) is 13.0. The van der Waals surface area contributed by atoms with Gasteiger partial charge in [-0.1, -0.05) is 39.0 Å². The number of ether oxygens (including phenoxy) is 1. The molecule has 0 aliphatic carbocycles. The van der Waals surface area contributed by atoms with E-state index >= 15 is 0 Å². The second kappa shape index (κ2) is 10.4. The Hall–Kier alpha value is -1.40. The Kier molecular flexibility index (Phi) is 8.50. The number of hydrogen-bond donors (Lipinski definition) is 1. The first-order valence-electron chi connectivity index (χ1n) is 10.2. The highest BCUT2D eigenvalue weighted by molar-refractivity contribution is 5.85. The molecule has 0 saturated carbocycles. The number of halogens is 1. The minimum atomic E-state index is 0. The molecule has 1 fully saturated rings. The van der Waals surface area contributed by atoms with Crippen molar-refractivity contribution >= 4 is 12.4 Å². The molecule has 1 aromatic carbocycles. The Morgan fingerprint density at radius 3 is 2.43 bits per heavy atom. The van der Waals surface area contributed by atoms with Crippen LogP contribution >= 0.6 is 12.4 Å². The van der Waals surface area contributed by atoms with Crippen molar-refractivity contribution in [1.82, 2.24) is 14.7 Å². The molecule has 1 aromatic heterocycles. The zero-order chi connectivity index (χ0) is 19.3. The molecule has 1 aliphatic heterocycles. The number of likely N-dealkylation sites (tertiary alicyclic amines) is 1. The summed E-state index contributed by atoms with van der Waals surface area (Å²) in [5.74, 6) is 0. The Morgan fingerprint density at radius 2 is 1.82 bits per heavy atom. The largest absolute Gasteiger partial charge is 0.378 e. The molecule has 0 bridgehead atoms. The topological polar surface area (TPSA) is 56.3 Å². The Morgan fingerprint density at radius 1 is 1.14 bits per heavy atom. The smallest absolute Gasteiger partial charge is 0.0727 e. The van der Waals surface area contributed by atoms with Crippen LogP contribution in [0, 0.1) is 0 Å². The van der Waals surface area contributed by atoms with Crippen molar-refractivity contribution < 1.29 is 4.74 Å². The maximum Gasteiger partial charge on any atom is 0.0727 e. The third kappa shape index (κ3) is 6.05. The van der Waals surface area contributed by atoms with Crippen molar-refractivity contribution in [2.24, 2.45) is 5.73 Å². The minimum Gasteiger partial charge on any atom is -0.378 e. The number of nitrogens with two attached hydrogens (primary N) is 1. The molecule has 2 aromatic rings. The summed E-state index contributed by atoms with van der Waals surface area (Å²) >= 11 is 0. The molecule has 0 amide bonds. The fraction of sp³-hybridized carbons (Fsp3) is 0.591. The molecule has 3 rings (SSSR count). The summed E-state index contributed by atoms with van der Waals surface area (Å²) in [6.07, 6.45) is 5.75. The monoisotopic (exact) mass is 406 g/mol. The number of hydrogen-bond acceptors (Lipinski definition) is 4. The second-order valence-corrected chi connectivity index (χ2v) is 8.52. The molecule has 0 spiro atoms. The van der Waals surface area contributed by atoms with Crippen LogP contribution in [0.5, 0.6) is 0 Å². The van der Waals surface area contributed by atoms with Gasteiger partial charge < -0.3 is 10.5 Å². The molecular weight excluding hydrogens is 372 g/mol. The number of rotatable bonds is 7. The highest BCUT2D eigenvalue weighted by atomic mass is 35.5. The van der Waals surface area contributed by atoms with Crippen LogP contribution < -0.4 is 5.73 Å². The molecule has 0 radical (unpaired) electrons. The molecule has 2 N–H and O–H groups in total. The summed E-state index contributed by atoms with van der Waals surface area (Å²) in [5, 5.41) is 4.94. The summed E-state index contributed by atoms with van der Waals surface area (Å²) in [6.45, 7) is 11.3. The lowest BCUT2D eigenvalue weighted by molar-refractivity contribution is 0.00554. The van der Waals surface area contributed by atoms with Crippen LogP contribution in [0.4, 0.5) is 0 Å². The van der Waals surface area contributed by atoms with Gasteiger partial charge >= 0.3 is 0 Å². The van der Waals surface area contributed by atoms with Crippen molar-refractivity contribution in [3.8, 4) is 5.69 Å². The fourth-order valence-electron chi connectivity index (χ4n) is 3.68. The van der Waals surface area contributed by atoms with Gasteiger partial charge in [0, 0.05) is 43.4 Å². The average Bonchev–Trinajstić information content (AvgIpc) is 3.08. The maximum atomic E-state index is 5.94. The van der Waals surface area contributed by atoms with Gasteiger partial charge in [0.25, 0.3) is 0 Å². The lowest BCUT2D eigenvalue weighted by atomic mass is 9.89. The van der Waals surface area contributed by atoms with Gasteiger partial charge in [0.2, 0.25) is 0 Å². The van der Waals surface area contributed by atoms with E-state index in [1.165, 1.54) is 11.3 Å². The van der Waals surface area contributed by atoms with Gasteiger partial charge in [-0.2, -0.15) is 5.10 Å². The van der Waals surface area contributed by atoms with E-state index in [-0.39, 0.29) is 17.8 Å². The van der Waals surface area contributed by atoms with Crippen LogP contribution in [0.3, 0.4) is 0 Å². The van der Waals surface area contributed by atoms with Crippen molar-refractivity contribution in [2.75, 3.05) is 26.2 Å². The quantitative estimate of drug-likeness (QED) is 0.708. The van der Waals surface area contributed by atoms with Gasteiger partial charge in [-0.15, -0.1) is 12.4 Å². The SMILES string of the molecule is CC(C)(C)c1nn(-c2ccccc2)cc1CN1CCC(OCCCN)CC1.Cl. The molecular formula is C22H35ClN4O. The zero-order valence-corrected chi connectivity index (χ0v) is 18.3. The van der Waals surface area contributed by atoms with E-state index in [4.69, 9.17) is 15.6 Å². The van der Waals surface area contributed by atoms with Crippen LogP contribution in [-0.2, 0) is 16.7 Å². The van der Waals surface area contributed by atoms with E-state index in [1.807, 2.05) is 10.7 Å². The number of piperidine rings is 1. The summed E-state index contributed by atoms with van der Waals surface area (Å²) < 4.78 is 7.97. The van der Waals surface area contributed by atoms with E-state index in [0.29, 0.717) is 12.6 Å². The number of aromatic nitrogens is 2. The average molecular weight is 407 g/mol. The van der Waals surface area contributed by atoms with Gasteiger partial charge in [0.15, 0.2) is 0 Å². The summed E-state index contributed by atoms with van der Waals surface area (Å²) in [6, 6.07) is 10.4. The number of nitrogens with zero attached hydrogens (tertiary/aromatic N) is 3. The highest BCUT2D eigenvalue weighted by Crippen LogP contribution is 2.27. The Bertz CT molecular complexity index is 703. The van der Waals surface area contributed by atoms with Crippen LogP contribution in [0.2, 0.25) is 0 Å². The molecule has 28 heavy (non-hydrogen) atoms. The van der Waals surface area contributed by atoms with Crippen molar-refractivity contribution in [3.63, 3.8) is 0 Å². The fourth-order valence-corrected chi connectivity index (χ4v) is 3.68. The molecule has 2 heterocycles. The van der Waals surface area contributed by atoms with Crippen molar-refractivity contribution in [2.45, 2.75) is 58.1 Å². The van der Waals surface area contributed by atoms with Gasteiger partial charge in [0.05, 0.1) is 17.5 Å². The van der Waals surface area contributed by atoms with Gasteiger partial charge in [-0.05, 0) is 37.9 Å². The summed E-state index contributed by atoms with van der Waals surface area (Å²) in [4.78, 5) is 2.53. The number of benzene rings is 1. The second-order valence-electron chi connectivity index (χ2n) is 8.52. The van der Waals surface area contributed by atoms with Crippen molar-refractivity contribution in [1.29, 1.82) is 0 Å². The molecule has 1 aliphatic rings. The van der Waals surface area contributed by atoms with Gasteiger partial charge in [-0.25, -0.2) is 4.68 Å². The van der Waals surface area contributed by atoms with Gasteiger partial charge in [0.1, 0.15) is 0 Å². The maximum absolute atomic E-state index is 5.94. The Balaban J connectivity index is 0.00000280. The third-order valence-electron chi connectivity index (χ3n) is 5.15. The standard InChI is InChI=1S/C22H34N4O.ClH/c1-22(2,3)21-18(17-26(24-21)19-8-5-4-6-9-19)16-25-13-10-20(11-14-25)27-15-7-12-23;/h4-6,8-9,17,20H,7,10-16,23H2,1-3H3;1H. The molecule has 0 unspecified atom stereocenters. The Labute approximate surface area is 175 Å². The van der Waals surface area contributed by atoms with E-state index in [1.54, 1.807) is 0 Å². The molecule has 1 saturated heterocycles. The predicted molar refractivity (Wildman–Crippen MR) is 117 cm³/mol. The summed E-state index contributed by atoms with van der Waals surface area (Å²) in [5.41, 5.74) is 9.20. The van der Waals surface area contributed by atoms with E-state index in [2.05, 4.69) is 56.1 Å². The normalized spacial score (nSPS) is 16.1. The molecule has 5 nitrogen and oxygen atoms in total. The third-order valence-corrected chi connectivity index (χ3v) is 5.15. The summed E-state index contributed by atoms with van der Waals surface area (Å²) in [7, 11) is 0. The zero-order valence-electron chi connectivity index (χ0n) is 17.4. The first kappa shape index (κ1) is 22.9. The lowest BCUT2D eigenvalue weighted by Gasteiger charge is -2.32. The predicted octanol–water partition coefficient (Wildman–Crippen LogP) is 3.92. The van der Waals surface area contributed by atoms with Gasteiger partial charge in [-0.3, -0.25) is 4.90 Å². The van der Waals surface area contributed by atoms with Crippen molar-refractivity contribution in [3.05, 3.63) is 47.8 Å². The number of para-hydroxylation sites is 1. The van der Waals surface area contributed by atoms with E-state index in [0.717, 1.165) is 51.2 Å². The van der Waals surface area contributed by atoms with Crippen LogP contribution in [0.1, 0.15) is 51.3 Å². The lowest BCUT2D eigenvalue weighted by Crippen LogP contribution is -2.37. The van der Waals surface area contributed by atoms with E-state index < -0.39 is 0 Å². The van der Waals surface area contributed by atoms with Crippen LogP contribution in [-0.4, -0.2) is 47.0 Å². The molecule has 156 valence electrons. The first-order valence-corrected chi connectivity index (χ1v) is 10.2. The highest BCUT2D eigenvalue weighted by Gasteiger charge is 2.26.